The number of pyridine rings is 1. The Bertz CT molecular complexity index is 753. The fourth-order valence-corrected chi connectivity index (χ4v) is 2.02. The van der Waals surface area contributed by atoms with Crippen molar-refractivity contribution in [3.8, 4) is 0 Å². The lowest BCUT2D eigenvalue weighted by atomic mass is 10.1. The van der Waals surface area contributed by atoms with Gasteiger partial charge >= 0.3 is 11.9 Å². The summed E-state index contributed by atoms with van der Waals surface area (Å²) in [5.74, 6) is -1.33. The minimum atomic E-state index is -0.670. The van der Waals surface area contributed by atoms with E-state index < -0.39 is 11.9 Å². The van der Waals surface area contributed by atoms with E-state index in [0.29, 0.717) is 11.2 Å². The van der Waals surface area contributed by atoms with E-state index in [2.05, 4.69) is 19.8 Å². The van der Waals surface area contributed by atoms with Crippen LogP contribution >= 0.6 is 0 Å². The highest BCUT2D eigenvalue weighted by Gasteiger charge is 2.14. The molecule has 22 heavy (non-hydrogen) atoms. The van der Waals surface area contributed by atoms with E-state index in [-0.39, 0.29) is 5.70 Å². The summed E-state index contributed by atoms with van der Waals surface area (Å²) in [6, 6.07) is 7.57. The van der Waals surface area contributed by atoms with Crippen molar-refractivity contribution in [1.82, 2.24) is 4.98 Å². The molecule has 0 unspecified atom stereocenters. The van der Waals surface area contributed by atoms with Crippen molar-refractivity contribution >= 4 is 28.5 Å². The van der Waals surface area contributed by atoms with Crippen LogP contribution in [0.4, 0.5) is 5.69 Å². The smallest absolute Gasteiger partial charge is 0.354 e. The molecule has 0 radical (unpaired) electrons. The number of aryl methyl sites for hydroxylation is 1. The fourth-order valence-electron chi connectivity index (χ4n) is 2.02. The van der Waals surface area contributed by atoms with Crippen LogP contribution in [0, 0.1) is 6.92 Å². The van der Waals surface area contributed by atoms with Crippen LogP contribution in [0.25, 0.3) is 10.9 Å². The number of anilines is 1. The van der Waals surface area contributed by atoms with E-state index in [1.165, 1.54) is 14.2 Å². The molecule has 6 heteroatoms. The van der Waals surface area contributed by atoms with E-state index in [0.717, 1.165) is 17.0 Å². The van der Waals surface area contributed by atoms with Crippen LogP contribution in [0.2, 0.25) is 0 Å². The van der Waals surface area contributed by atoms with Crippen LogP contribution in [-0.4, -0.2) is 31.1 Å². The lowest BCUT2D eigenvalue weighted by Crippen LogP contribution is -2.15. The zero-order chi connectivity index (χ0) is 16.1. The Morgan fingerprint density at radius 3 is 2.68 bits per heavy atom. The predicted molar refractivity (Wildman–Crippen MR) is 82.2 cm³/mol. The molecule has 0 aliphatic rings. The molecule has 0 fully saturated rings. The van der Waals surface area contributed by atoms with E-state index in [1.807, 2.05) is 31.2 Å². The van der Waals surface area contributed by atoms with E-state index >= 15 is 0 Å². The van der Waals surface area contributed by atoms with Gasteiger partial charge < -0.3 is 14.8 Å². The number of nitrogens with zero attached hydrogens (tertiary/aromatic N) is 1. The number of esters is 2. The summed E-state index contributed by atoms with van der Waals surface area (Å²) in [6.07, 6.45) is 2.70. The van der Waals surface area contributed by atoms with Gasteiger partial charge in [0.2, 0.25) is 0 Å². The Hall–Kier alpha value is -2.89. The van der Waals surface area contributed by atoms with Gasteiger partial charge in [0.15, 0.2) is 0 Å². The number of nitrogens with one attached hydrogen (secondary N) is 1. The Kier molecular flexibility index (Phi) is 4.73. The maximum atomic E-state index is 11.8. The largest absolute Gasteiger partial charge is 0.466 e. The number of rotatable bonds is 4. The van der Waals surface area contributed by atoms with Crippen molar-refractivity contribution in [2.75, 3.05) is 19.5 Å². The summed E-state index contributed by atoms with van der Waals surface area (Å²) in [7, 11) is 2.47. The first-order valence-corrected chi connectivity index (χ1v) is 6.55. The number of carbonyl (C=O) groups is 2. The molecule has 0 saturated carbocycles. The SMILES string of the molecule is COC(=O)C=C(Nc1cc(C)cc2cccnc12)C(=O)OC. The van der Waals surface area contributed by atoms with Crippen LogP contribution in [0.15, 0.2) is 42.2 Å². The topological polar surface area (TPSA) is 77.5 Å². The Morgan fingerprint density at radius 2 is 2.00 bits per heavy atom. The monoisotopic (exact) mass is 300 g/mol. The van der Waals surface area contributed by atoms with Gasteiger partial charge in [0.1, 0.15) is 5.70 Å². The fraction of sp³-hybridized carbons (Fsp3) is 0.188. The molecule has 0 aliphatic carbocycles. The average molecular weight is 300 g/mol. The van der Waals surface area contributed by atoms with Gasteiger partial charge in [0, 0.05) is 11.6 Å². The summed E-state index contributed by atoms with van der Waals surface area (Å²) in [5, 5.41) is 3.83. The number of carbonyl (C=O) groups excluding carboxylic acids is 2. The number of benzene rings is 1. The van der Waals surface area contributed by atoms with Crippen molar-refractivity contribution < 1.29 is 19.1 Å². The summed E-state index contributed by atoms with van der Waals surface area (Å²) in [5.41, 5.74) is 2.26. The van der Waals surface area contributed by atoms with Gasteiger partial charge in [-0.2, -0.15) is 0 Å². The average Bonchev–Trinajstić information content (AvgIpc) is 2.53. The Balaban J connectivity index is 2.48. The van der Waals surface area contributed by atoms with Gasteiger partial charge in [-0.15, -0.1) is 0 Å². The number of hydrogen-bond donors (Lipinski definition) is 1. The molecule has 0 amide bonds. The normalized spacial score (nSPS) is 11.1. The maximum Gasteiger partial charge on any atom is 0.354 e. The first kappa shape index (κ1) is 15.5. The standard InChI is InChI=1S/C16H16N2O4/c1-10-7-11-5-4-6-17-15(11)12(8-10)18-13(16(20)22-3)9-14(19)21-2/h4-9,18H,1-3H3. The third-order valence-corrected chi connectivity index (χ3v) is 2.99. The number of hydrogen-bond acceptors (Lipinski definition) is 6. The van der Waals surface area contributed by atoms with E-state index in [9.17, 15) is 9.59 Å². The first-order valence-electron chi connectivity index (χ1n) is 6.55. The second-order valence-corrected chi connectivity index (χ2v) is 4.59. The van der Waals surface area contributed by atoms with Crippen molar-refractivity contribution in [3.63, 3.8) is 0 Å². The highest BCUT2D eigenvalue weighted by atomic mass is 16.5. The van der Waals surface area contributed by atoms with Gasteiger partial charge in [0.05, 0.1) is 31.5 Å². The molecule has 2 rings (SSSR count). The molecule has 0 atom stereocenters. The van der Waals surface area contributed by atoms with Gasteiger partial charge in [0.25, 0.3) is 0 Å². The summed E-state index contributed by atoms with van der Waals surface area (Å²) in [6.45, 7) is 1.93. The van der Waals surface area contributed by atoms with Crippen LogP contribution in [0.5, 0.6) is 0 Å². The van der Waals surface area contributed by atoms with Gasteiger partial charge in [-0.3, -0.25) is 4.98 Å². The van der Waals surface area contributed by atoms with Gasteiger partial charge in [-0.05, 0) is 30.7 Å². The third kappa shape index (κ3) is 3.41. The molecular weight excluding hydrogens is 284 g/mol. The lowest BCUT2D eigenvalue weighted by Gasteiger charge is -2.12. The number of aromatic nitrogens is 1. The van der Waals surface area contributed by atoms with E-state index in [4.69, 9.17) is 0 Å². The van der Waals surface area contributed by atoms with Crippen LogP contribution in [0.3, 0.4) is 0 Å². The maximum absolute atomic E-state index is 11.8. The molecular formula is C16H16N2O4. The number of ether oxygens (including phenoxy) is 2. The summed E-state index contributed by atoms with van der Waals surface area (Å²) in [4.78, 5) is 27.5. The number of methoxy groups -OCH3 is 2. The van der Waals surface area contributed by atoms with Crippen LogP contribution in [-0.2, 0) is 19.1 Å². The molecule has 1 aromatic carbocycles. The van der Waals surface area contributed by atoms with Crippen molar-refractivity contribution in [2.24, 2.45) is 0 Å². The second-order valence-electron chi connectivity index (χ2n) is 4.59. The molecule has 1 heterocycles. The predicted octanol–water partition coefficient (Wildman–Crippen LogP) is 2.19. The number of fused-ring (bicyclic) bond motifs is 1. The molecule has 114 valence electrons. The zero-order valence-electron chi connectivity index (χ0n) is 12.5. The minimum Gasteiger partial charge on any atom is -0.466 e. The Morgan fingerprint density at radius 1 is 1.23 bits per heavy atom. The zero-order valence-corrected chi connectivity index (χ0v) is 12.5. The molecule has 0 saturated heterocycles. The molecule has 1 N–H and O–H groups in total. The molecule has 1 aromatic heterocycles. The highest BCUT2D eigenvalue weighted by Crippen LogP contribution is 2.24. The molecule has 2 aromatic rings. The van der Waals surface area contributed by atoms with Gasteiger partial charge in [-0.1, -0.05) is 6.07 Å². The van der Waals surface area contributed by atoms with Crippen molar-refractivity contribution in [3.05, 3.63) is 47.8 Å². The quantitative estimate of drug-likeness (QED) is 0.689. The van der Waals surface area contributed by atoms with E-state index in [1.54, 1.807) is 6.20 Å². The second kappa shape index (κ2) is 6.71. The van der Waals surface area contributed by atoms with Crippen molar-refractivity contribution in [2.45, 2.75) is 6.92 Å². The minimum absolute atomic E-state index is 0.0214. The van der Waals surface area contributed by atoms with Crippen LogP contribution < -0.4 is 5.32 Å². The summed E-state index contributed by atoms with van der Waals surface area (Å²) >= 11 is 0. The van der Waals surface area contributed by atoms with Gasteiger partial charge in [-0.25, -0.2) is 9.59 Å². The highest BCUT2D eigenvalue weighted by molar-refractivity contribution is 6.01. The lowest BCUT2D eigenvalue weighted by molar-refractivity contribution is -0.138. The Labute approximate surface area is 127 Å². The van der Waals surface area contributed by atoms with Crippen LogP contribution in [0.1, 0.15) is 5.56 Å². The molecule has 0 aliphatic heterocycles. The molecule has 0 spiro atoms. The molecule has 0 bridgehead atoms. The first-order chi connectivity index (χ1) is 10.5. The van der Waals surface area contributed by atoms with Crippen molar-refractivity contribution in [1.29, 1.82) is 0 Å². The molecule has 6 nitrogen and oxygen atoms in total. The summed E-state index contributed by atoms with van der Waals surface area (Å²) < 4.78 is 9.22. The third-order valence-electron chi connectivity index (χ3n) is 2.99.